The highest BCUT2D eigenvalue weighted by Crippen LogP contribution is 1.97. The van der Waals surface area contributed by atoms with Crippen LogP contribution < -0.4 is 16.4 Å². The van der Waals surface area contributed by atoms with Crippen LogP contribution in [0.1, 0.15) is 16.8 Å². The van der Waals surface area contributed by atoms with E-state index in [1.165, 1.54) is 0 Å². The summed E-state index contributed by atoms with van der Waals surface area (Å²) in [5.41, 5.74) is 5.41. The van der Waals surface area contributed by atoms with Crippen LogP contribution in [0, 0.1) is 0 Å². The van der Waals surface area contributed by atoms with Gasteiger partial charge in [-0.1, -0.05) is 18.2 Å². The van der Waals surface area contributed by atoms with Gasteiger partial charge in [0.25, 0.3) is 5.91 Å². The molecule has 0 atom stereocenters. The summed E-state index contributed by atoms with van der Waals surface area (Å²) in [5, 5.41) is 4.93. The third-order valence-corrected chi connectivity index (χ3v) is 2.13. The number of nitrogens with one attached hydrogen (secondary N) is 2. The molecule has 1 aromatic rings. The van der Waals surface area contributed by atoms with Crippen molar-refractivity contribution in [2.24, 2.45) is 5.73 Å². The van der Waals surface area contributed by atoms with Gasteiger partial charge in [0.1, 0.15) is 0 Å². The highest BCUT2D eigenvalue weighted by atomic mass is 16.2. The maximum Gasteiger partial charge on any atom is 0.251 e. The number of carbonyl (C=O) groups excluding carboxylic acids is 3. The Hall–Kier alpha value is -2.37. The average molecular weight is 249 g/mol. The molecule has 4 N–H and O–H groups in total. The van der Waals surface area contributed by atoms with Crippen molar-refractivity contribution in [1.29, 1.82) is 0 Å². The van der Waals surface area contributed by atoms with E-state index in [1.54, 1.807) is 24.3 Å². The molecule has 3 amide bonds. The molecule has 0 heterocycles. The van der Waals surface area contributed by atoms with Gasteiger partial charge in [-0.2, -0.15) is 0 Å². The Labute approximate surface area is 105 Å². The monoisotopic (exact) mass is 249 g/mol. The molecule has 0 spiro atoms. The van der Waals surface area contributed by atoms with E-state index in [0.29, 0.717) is 5.56 Å². The first-order chi connectivity index (χ1) is 8.59. The molecule has 18 heavy (non-hydrogen) atoms. The molecule has 1 rings (SSSR count). The van der Waals surface area contributed by atoms with Crippen molar-refractivity contribution in [3.8, 4) is 0 Å². The number of benzene rings is 1. The van der Waals surface area contributed by atoms with E-state index in [9.17, 15) is 14.4 Å². The van der Waals surface area contributed by atoms with Gasteiger partial charge in [0.05, 0.1) is 6.54 Å². The number of primary amides is 1. The fraction of sp³-hybridized carbons (Fsp3) is 0.250. The topological polar surface area (TPSA) is 101 Å². The first kappa shape index (κ1) is 13.7. The Morgan fingerprint density at radius 3 is 2.33 bits per heavy atom. The lowest BCUT2D eigenvalue weighted by Crippen LogP contribution is -2.35. The number of rotatable bonds is 6. The zero-order valence-corrected chi connectivity index (χ0v) is 9.81. The zero-order valence-electron chi connectivity index (χ0n) is 9.81. The summed E-state index contributed by atoms with van der Waals surface area (Å²) in [5.74, 6) is -1.17. The maximum absolute atomic E-state index is 11.6. The highest BCUT2D eigenvalue weighted by Gasteiger charge is 2.06. The molecule has 0 aliphatic rings. The number of hydrogen-bond acceptors (Lipinski definition) is 3. The number of hydrogen-bond donors (Lipinski definition) is 3. The van der Waals surface area contributed by atoms with E-state index < -0.39 is 5.91 Å². The summed E-state index contributed by atoms with van der Waals surface area (Å²) in [6, 6.07) is 8.70. The smallest absolute Gasteiger partial charge is 0.251 e. The fourth-order valence-corrected chi connectivity index (χ4v) is 1.26. The van der Waals surface area contributed by atoms with Gasteiger partial charge in [-0.15, -0.1) is 0 Å². The van der Waals surface area contributed by atoms with Crippen molar-refractivity contribution in [2.75, 3.05) is 13.1 Å². The van der Waals surface area contributed by atoms with E-state index in [4.69, 9.17) is 5.73 Å². The van der Waals surface area contributed by atoms with Crippen molar-refractivity contribution in [2.45, 2.75) is 6.42 Å². The van der Waals surface area contributed by atoms with E-state index in [1.807, 2.05) is 6.07 Å². The molecular formula is C12H15N3O3. The lowest BCUT2D eigenvalue weighted by Gasteiger charge is -2.05. The number of carbonyl (C=O) groups is 3. The molecule has 6 heteroatoms. The van der Waals surface area contributed by atoms with Crippen LogP contribution >= 0.6 is 0 Å². The lowest BCUT2D eigenvalue weighted by molar-refractivity contribution is -0.124. The predicted molar refractivity (Wildman–Crippen MR) is 65.6 cm³/mol. The largest absolute Gasteiger partial charge is 0.368 e. The van der Waals surface area contributed by atoms with Crippen LogP contribution in [0.5, 0.6) is 0 Å². The molecule has 0 unspecified atom stereocenters. The second-order valence-corrected chi connectivity index (χ2v) is 3.61. The molecule has 0 aromatic heterocycles. The van der Waals surface area contributed by atoms with Crippen LogP contribution in [0.2, 0.25) is 0 Å². The Morgan fingerprint density at radius 2 is 1.72 bits per heavy atom. The summed E-state index contributed by atoms with van der Waals surface area (Å²) in [6.45, 7) is 0.0176. The predicted octanol–water partition coefficient (Wildman–Crippen LogP) is -0.592. The molecule has 0 aliphatic carbocycles. The molecule has 0 saturated heterocycles. The van der Waals surface area contributed by atoms with Gasteiger partial charge in [0.2, 0.25) is 11.8 Å². The van der Waals surface area contributed by atoms with Crippen LogP contribution in [-0.2, 0) is 9.59 Å². The number of nitrogens with two attached hydrogens (primary N) is 1. The Bertz CT molecular complexity index is 431. The van der Waals surface area contributed by atoms with Crippen molar-refractivity contribution in [1.82, 2.24) is 10.6 Å². The van der Waals surface area contributed by atoms with E-state index >= 15 is 0 Å². The van der Waals surface area contributed by atoms with E-state index in [-0.39, 0.29) is 31.3 Å². The van der Waals surface area contributed by atoms with Crippen molar-refractivity contribution >= 4 is 17.7 Å². The van der Waals surface area contributed by atoms with Gasteiger partial charge in [0.15, 0.2) is 0 Å². The second-order valence-electron chi connectivity index (χ2n) is 3.61. The standard InChI is InChI=1S/C12H15N3O3/c13-10(16)8-15-11(17)6-7-14-12(18)9-4-2-1-3-5-9/h1-5H,6-8H2,(H2,13,16)(H,14,18)(H,15,17). The molecule has 0 fully saturated rings. The van der Waals surface area contributed by atoms with E-state index in [0.717, 1.165) is 0 Å². The molecule has 0 bridgehead atoms. The van der Waals surface area contributed by atoms with Crippen LogP contribution in [0.25, 0.3) is 0 Å². The van der Waals surface area contributed by atoms with Gasteiger partial charge in [-0.25, -0.2) is 0 Å². The highest BCUT2D eigenvalue weighted by molar-refractivity contribution is 5.94. The Kier molecular flexibility index (Phi) is 5.37. The quantitative estimate of drug-likeness (QED) is 0.628. The molecule has 0 saturated carbocycles. The van der Waals surface area contributed by atoms with Gasteiger partial charge >= 0.3 is 0 Å². The van der Waals surface area contributed by atoms with Gasteiger partial charge < -0.3 is 16.4 Å². The second kappa shape index (κ2) is 7.05. The van der Waals surface area contributed by atoms with Crippen molar-refractivity contribution < 1.29 is 14.4 Å². The minimum absolute atomic E-state index is 0.103. The fourth-order valence-electron chi connectivity index (χ4n) is 1.26. The normalized spacial score (nSPS) is 9.56. The third-order valence-electron chi connectivity index (χ3n) is 2.13. The lowest BCUT2D eigenvalue weighted by atomic mass is 10.2. The maximum atomic E-state index is 11.6. The minimum atomic E-state index is -0.600. The third kappa shape index (κ3) is 5.11. The molecular weight excluding hydrogens is 234 g/mol. The van der Waals surface area contributed by atoms with Crippen molar-refractivity contribution in [3.63, 3.8) is 0 Å². The zero-order chi connectivity index (χ0) is 13.4. The molecule has 6 nitrogen and oxygen atoms in total. The first-order valence-corrected chi connectivity index (χ1v) is 5.48. The molecule has 0 radical (unpaired) electrons. The summed E-state index contributed by atoms with van der Waals surface area (Å²) in [4.78, 5) is 33.2. The summed E-state index contributed by atoms with van der Waals surface area (Å²) < 4.78 is 0. The summed E-state index contributed by atoms with van der Waals surface area (Å²) in [7, 11) is 0. The van der Waals surface area contributed by atoms with E-state index in [2.05, 4.69) is 10.6 Å². The van der Waals surface area contributed by atoms with Crippen LogP contribution in [0.15, 0.2) is 30.3 Å². The van der Waals surface area contributed by atoms with Crippen molar-refractivity contribution in [3.05, 3.63) is 35.9 Å². The molecule has 96 valence electrons. The van der Waals surface area contributed by atoms with Gasteiger partial charge in [0, 0.05) is 18.5 Å². The first-order valence-electron chi connectivity index (χ1n) is 5.48. The van der Waals surface area contributed by atoms with Crippen LogP contribution in [-0.4, -0.2) is 30.8 Å². The Morgan fingerprint density at radius 1 is 1.06 bits per heavy atom. The van der Waals surface area contributed by atoms with Crippen LogP contribution in [0.3, 0.4) is 0 Å². The van der Waals surface area contributed by atoms with Gasteiger partial charge in [-0.05, 0) is 12.1 Å². The SMILES string of the molecule is NC(=O)CNC(=O)CCNC(=O)c1ccccc1. The van der Waals surface area contributed by atoms with Crippen LogP contribution in [0.4, 0.5) is 0 Å². The summed E-state index contributed by atoms with van der Waals surface area (Å²) in [6.07, 6.45) is 0.103. The average Bonchev–Trinajstić information content (AvgIpc) is 2.37. The van der Waals surface area contributed by atoms with Gasteiger partial charge in [-0.3, -0.25) is 14.4 Å². The molecule has 0 aliphatic heterocycles. The number of amides is 3. The molecule has 1 aromatic carbocycles. The summed E-state index contributed by atoms with van der Waals surface area (Å²) >= 11 is 0. The minimum Gasteiger partial charge on any atom is -0.368 e. The Balaban J connectivity index is 2.24.